The number of hydrazine groups is 1. The van der Waals surface area contributed by atoms with Crippen molar-refractivity contribution >= 4 is 12.1 Å². The third kappa shape index (κ3) is 6.53. The standard InChI is InChI=1S/C25H41N5O/c26-29-19-22-14-12-20(13-15-22)8-5-7-17-28-25(24(31)30-27)16-6-4-11-23(25)18-21-9-2-1-3-10-21/h4,6,11,16,18-22,28H,1-3,5,7-10,12-15,17,26-27H2,(H,30,31). The SMILES string of the molecule is NN=CC1CCC(CCCCNC2(C(=O)NN)C=CC=CC2=CC2CCCCC2)CC1. The molecule has 6 heteroatoms. The Hall–Kier alpha value is -1.92. The lowest BCUT2D eigenvalue weighted by atomic mass is 9.79. The van der Waals surface area contributed by atoms with Crippen LogP contribution in [0.25, 0.3) is 0 Å². The molecule has 3 rings (SSSR count). The second-order valence-corrected chi connectivity index (χ2v) is 9.52. The van der Waals surface area contributed by atoms with Crippen LogP contribution in [0.3, 0.4) is 0 Å². The Bertz CT molecular complexity index is 684. The Morgan fingerprint density at radius 2 is 1.84 bits per heavy atom. The van der Waals surface area contributed by atoms with Crippen LogP contribution >= 0.6 is 0 Å². The van der Waals surface area contributed by atoms with Crippen molar-refractivity contribution in [2.45, 2.75) is 82.6 Å². The van der Waals surface area contributed by atoms with Gasteiger partial charge in [-0.3, -0.25) is 15.5 Å². The summed E-state index contributed by atoms with van der Waals surface area (Å²) in [6.45, 7) is 0.794. The number of rotatable bonds is 9. The maximum absolute atomic E-state index is 12.9. The summed E-state index contributed by atoms with van der Waals surface area (Å²) in [7, 11) is 0. The molecule has 0 aromatic heterocycles. The van der Waals surface area contributed by atoms with Gasteiger partial charge in [-0.05, 0) is 74.8 Å². The van der Waals surface area contributed by atoms with E-state index in [0.29, 0.717) is 11.8 Å². The third-order valence-corrected chi connectivity index (χ3v) is 7.37. The Labute approximate surface area is 187 Å². The van der Waals surface area contributed by atoms with Gasteiger partial charge in [-0.2, -0.15) is 5.10 Å². The first-order chi connectivity index (χ1) is 15.2. The van der Waals surface area contributed by atoms with Crippen molar-refractivity contribution in [1.29, 1.82) is 0 Å². The van der Waals surface area contributed by atoms with Crippen LogP contribution < -0.4 is 22.4 Å². The summed E-state index contributed by atoms with van der Waals surface area (Å²) in [5.74, 6) is 12.6. The lowest BCUT2D eigenvalue weighted by Gasteiger charge is -2.34. The number of carbonyl (C=O) groups excluding carboxylic acids is 1. The predicted molar refractivity (Wildman–Crippen MR) is 128 cm³/mol. The van der Waals surface area contributed by atoms with Gasteiger partial charge in [-0.15, -0.1) is 0 Å². The molecule has 2 fully saturated rings. The van der Waals surface area contributed by atoms with Crippen LogP contribution in [0.2, 0.25) is 0 Å². The fourth-order valence-corrected chi connectivity index (χ4v) is 5.48. The highest BCUT2D eigenvalue weighted by Crippen LogP contribution is 2.32. The lowest BCUT2D eigenvalue weighted by molar-refractivity contribution is -0.124. The smallest absolute Gasteiger partial charge is 0.262 e. The fourth-order valence-electron chi connectivity index (χ4n) is 5.48. The average Bonchev–Trinajstić information content (AvgIpc) is 2.81. The lowest BCUT2D eigenvalue weighted by Crippen LogP contribution is -2.59. The molecule has 0 heterocycles. The topological polar surface area (TPSA) is 106 Å². The van der Waals surface area contributed by atoms with Crippen LogP contribution in [0.1, 0.15) is 77.0 Å². The summed E-state index contributed by atoms with van der Waals surface area (Å²) in [5, 5.41) is 7.25. The molecule has 0 saturated heterocycles. The third-order valence-electron chi connectivity index (χ3n) is 7.37. The summed E-state index contributed by atoms with van der Waals surface area (Å²) < 4.78 is 0. The van der Waals surface area contributed by atoms with Gasteiger partial charge in [0.15, 0.2) is 0 Å². The molecule has 1 unspecified atom stereocenters. The molecule has 31 heavy (non-hydrogen) atoms. The molecule has 0 radical (unpaired) electrons. The number of nitrogens with two attached hydrogens (primary N) is 2. The second-order valence-electron chi connectivity index (χ2n) is 9.52. The predicted octanol–water partition coefficient (Wildman–Crippen LogP) is 3.86. The number of nitrogens with zero attached hydrogens (tertiary/aromatic N) is 1. The van der Waals surface area contributed by atoms with Crippen LogP contribution in [-0.4, -0.2) is 24.2 Å². The molecule has 0 aromatic carbocycles. The summed E-state index contributed by atoms with van der Waals surface area (Å²) in [6, 6.07) is 0. The first kappa shape index (κ1) is 23.7. The summed E-state index contributed by atoms with van der Waals surface area (Å²) >= 11 is 0. The van der Waals surface area contributed by atoms with Gasteiger partial charge in [-0.1, -0.05) is 62.5 Å². The zero-order valence-electron chi connectivity index (χ0n) is 18.9. The molecule has 1 atom stereocenters. The summed E-state index contributed by atoms with van der Waals surface area (Å²) in [4.78, 5) is 12.9. The van der Waals surface area contributed by atoms with Crippen molar-refractivity contribution < 1.29 is 4.79 Å². The summed E-state index contributed by atoms with van der Waals surface area (Å²) in [5.41, 5.74) is 2.57. The number of hydrazone groups is 1. The van der Waals surface area contributed by atoms with Gasteiger partial charge in [0.1, 0.15) is 5.54 Å². The number of unbranched alkanes of at least 4 members (excludes halogenated alkanes) is 1. The zero-order valence-corrected chi connectivity index (χ0v) is 18.9. The van der Waals surface area contributed by atoms with E-state index in [1.807, 2.05) is 24.4 Å². The van der Waals surface area contributed by atoms with Crippen molar-refractivity contribution in [2.75, 3.05) is 6.54 Å². The van der Waals surface area contributed by atoms with Crippen molar-refractivity contribution in [3.63, 3.8) is 0 Å². The van der Waals surface area contributed by atoms with E-state index in [1.165, 1.54) is 70.6 Å². The molecular formula is C25H41N5O. The molecule has 0 aliphatic heterocycles. The quantitative estimate of drug-likeness (QED) is 0.147. The van der Waals surface area contributed by atoms with Crippen molar-refractivity contribution in [1.82, 2.24) is 10.7 Å². The minimum absolute atomic E-state index is 0.185. The molecule has 6 nitrogen and oxygen atoms in total. The van der Waals surface area contributed by atoms with Crippen LogP contribution in [0.4, 0.5) is 0 Å². The van der Waals surface area contributed by atoms with Gasteiger partial charge >= 0.3 is 0 Å². The van der Waals surface area contributed by atoms with Crippen LogP contribution in [0, 0.1) is 17.8 Å². The molecule has 0 bridgehead atoms. The van der Waals surface area contributed by atoms with Crippen LogP contribution in [-0.2, 0) is 4.79 Å². The minimum Gasteiger partial charge on any atom is -0.324 e. The number of hydrogen-bond donors (Lipinski definition) is 4. The van der Waals surface area contributed by atoms with E-state index in [1.54, 1.807) is 0 Å². The number of allylic oxidation sites excluding steroid dienone is 3. The number of amides is 1. The largest absolute Gasteiger partial charge is 0.324 e. The highest BCUT2D eigenvalue weighted by molar-refractivity contribution is 5.93. The van der Waals surface area contributed by atoms with E-state index in [-0.39, 0.29) is 5.91 Å². The van der Waals surface area contributed by atoms with E-state index in [2.05, 4.69) is 28.0 Å². The molecule has 0 aromatic rings. The molecule has 2 saturated carbocycles. The van der Waals surface area contributed by atoms with Gasteiger partial charge in [0.05, 0.1) is 0 Å². The van der Waals surface area contributed by atoms with Gasteiger partial charge in [0.25, 0.3) is 5.91 Å². The normalized spacial score (nSPS) is 30.8. The number of hydrogen-bond acceptors (Lipinski definition) is 5. The maximum atomic E-state index is 12.9. The van der Waals surface area contributed by atoms with Gasteiger partial charge in [-0.25, -0.2) is 5.84 Å². The number of carbonyl (C=O) groups is 1. The minimum atomic E-state index is -0.861. The van der Waals surface area contributed by atoms with Crippen molar-refractivity contribution in [2.24, 2.45) is 34.5 Å². The molecule has 0 spiro atoms. The van der Waals surface area contributed by atoms with E-state index in [0.717, 1.165) is 24.5 Å². The van der Waals surface area contributed by atoms with E-state index in [4.69, 9.17) is 11.7 Å². The number of nitrogens with one attached hydrogen (secondary N) is 2. The maximum Gasteiger partial charge on any atom is 0.262 e. The molecule has 6 N–H and O–H groups in total. The Morgan fingerprint density at radius 1 is 1.06 bits per heavy atom. The Kier molecular flexibility index (Phi) is 9.34. The van der Waals surface area contributed by atoms with E-state index in [9.17, 15) is 4.79 Å². The first-order valence-corrected chi connectivity index (χ1v) is 12.3. The first-order valence-electron chi connectivity index (χ1n) is 12.3. The Balaban J connectivity index is 1.52. The van der Waals surface area contributed by atoms with Crippen molar-refractivity contribution in [3.8, 4) is 0 Å². The molecule has 172 valence electrons. The van der Waals surface area contributed by atoms with Gasteiger partial charge in [0.2, 0.25) is 0 Å². The van der Waals surface area contributed by atoms with Gasteiger partial charge < -0.3 is 5.84 Å². The van der Waals surface area contributed by atoms with Crippen LogP contribution in [0.5, 0.6) is 0 Å². The molecular weight excluding hydrogens is 386 g/mol. The molecule has 3 aliphatic rings. The van der Waals surface area contributed by atoms with Crippen molar-refractivity contribution in [3.05, 3.63) is 36.0 Å². The molecule has 1 amide bonds. The average molecular weight is 428 g/mol. The monoisotopic (exact) mass is 427 g/mol. The second kappa shape index (κ2) is 12.2. The van der Waals surface area contributed by atoms with E-state index < -0.39 is 5.54 Å². The van der Waals surface area contributed by atoms with Gasteiger partial charge in [0, 0.05) is 6.21 Å². The van der Waals surface area contributed by atoms with E-state index >= 15 is 0 Å². The highest BCUT2D eigenvalue weighted by Gasteiger charge is 2.39. The highest BCUT2D eigenvalue weighted by atomic mass is 16.2. The summed E-state index contributed by atoms with van der Waals surface area (Å²) in [6.07, 6.45) is 26.9. The zero-order chi connectivity index (χ0) is 21.9. The fraction of sp³-hybridized carbons (Fsp3) is 0.680. The van der Waals surface area contributed by atoms with Crippen LogP contribution in [0.15, 0.2) is 41.1 Å². The molecule has 3 aliphatic carbocycles. The Morgan fingerprint density at radius 3 is 2.55 bits per heavy atom.